The van der Waals surface area contributed by atoms with Gasteiger partial charge in [0.05, 0.1) is 11.9 Å². The van der Waals surface area contributed by atoms with Crippen LogP contribution in [0.15, 0.2) is 54.7 Å². The molecule has 0 radical (unpaired) electrons. The highest BCUT2D eigenvalue weighted by Crippen LogP contribution is 2.32. The highest BCUT2D eigenvalue weighted by molar-refractivity contribution is 6.04. The zero-order valence-electron chi connectivity index (χ0n) is 15.1. The van der Waals surface area contributed by atoms with E-state index in [1.807, 2.05) is 12.1 Å². The Kier molecular flexibility index (Phi) is 4.38. The quantitative estimate of drug-likeness (QED) is 0.719. The molecule has 3 aromatic rings. The second-order valence-electron chi connectivity index (χ2n) is 6.38. The van der Waals surface area contributed by atoms with Gasteiger partial charge < -0.3 is 20.1 Å². The summed E-state index contributed by atoms with van der Waals surface area (Å²) in [4.78, 5) is 16.8. The van der Waals surface area contributed by atoms with Crippen LogP contribution in [0.3, 0.4) is 0 Å². The van der Waals surface area contributed by atoms with Crippen molar-refractivity contribution in [1.82, 2.24) is 4.98 Å². The summed E-state index contributed by atoms with van der Waals surface area (Å²) in [5, 5.41) is 6.09. The van der Waals surface area contributed by atoms with E-state index in [1.54, 1.807) is 30.5 Å². The number of benzene rings is 2. The minimum absolute atomic E-state index is 0.180. The lowest BCUT2D eigenvalue weighted by Gasteiger charge is -2.09. The molecule has 4 rings (SSSR count). The lowest BCUT2D eigenvalue weighted by Crippen LogP contribution is -2.12. The fourth-order valence-corrected chi connectivity index (χ4v) is 2.75. The van der Waals surface area contributed by atoms with Crippen LogP contribution in [0.4, 0.5) is 17.2 Å². The Morgan fingerprint density at radius 1 is 0.926 bits per heavy atom. The van der Waals surface area contributed by atoms with Crippen LogP contribution in [0.25, 0.3) is 0 Å². The molecule has 0 atom stereocenters. The van der Waals surface area contributed by atoms with Gasteiger partial charge in [-0.1, -0.05) is 6.07 Å². The van der Waals surface area contributed by atoms with Gasteiger partial charge >= 0.3 is 0 Å². The Labute approximate surface area is 157 Å². The van der Waals surface area contributed by atoms with Crippen molar-refractivity contribution in [1.29, 1.82) is 0 Å². The first-order valence-electron chi connectivity index (χ1n) is 8.60. The second-order valence-corrected chi connectivity index (χ2v) is 6.38. The highest BCUT2D eigenvalue weighted by Gasteiger charge is 2.16. The van der Waals surface area contributed by atoms with Gasteiger partial charge in [0.1, 0.15) is 5.82 Å². The molecule has 2 heterocycles. The van der Waals surface area contributed by atoms with Crippen LogP contribution in [-0.4, -0.2) is 17.7 Å². The predicted molar refractivity (Wildman–Crippen MR) is 104 cm³/mol. The number of amides is 1. The van der Waals surface area contributed by atoms with Gasteiger partial charge in [-0.15, -0.1) is 0 Å². The van der Waals surface area contributed by atoms with Crippen molar-refractivity contribution in [3.63, 3.8) is 0 Å². The molecule has 1 aliphatic rings. The first-order valence-corrected chi connectivity index (χ1v) is 8.60. The molecule has 2 aromatic carbocycles. The molecule has 0 unspecified atom stereocenters. The van der Waals surface area contributed by atoms with Gasteiger partial charge in [-0.3, -0.25) is 4.79 Å². The molecule has 2 N–H and O–H groups in total. The van der Waals surface area contributed by atoms with Gasteiger partial charge in [0.15, 0.2) is 11.5 Å². The van der Waals surface area contributed by atoms with E-state index in [0.29, 0.717) is 28.6 Å². The molecule has 0 bridgehead atoms. The Hall–Kier alpha value is -3.54. The average Bonchev–Trinajstić information content (AvgIpc) is 3.14. The lowest BCUT2D eigenvalue weighted by atomic mass is 10.1. The van der Waals surface area contributed by atoms with E-state index in [9.17, 15) is 4.79 Å². The van der Waals surface area contributed by atoms with Crippen LogP contribution in [-0.2, 0) is 0 Å². The van der Waals surface area contributed by atoms with Gasteiger partial charge in [-0.2, -0.15) is 0 Å². The SMILES string of the molecule is Cc1ccc(Nc2ccc(NC(=O)c3ccc4c(c3)OCO4)cn2)cc1C. The molecule has 6 heteroatoms. The largest absolute Gasteiger partial charge is 0.454 e. The van der Waals surface area contributed by atoms with E-state index in [1.165, 1.54) is 11.1 Å². The highest BCUT2D eigenvalue weighted by atomic mass is 16.7. The monoisotopic (exact) mass is 361 g/mol. The van der Waals surface area contributed by atoms with Crippen LogP contribution in [0.5, 0.6) is 11.5 Å². The Morgan fingerprint density at radius 3 is 2.52 bits per heavy atom. The molecule has 1 aromatic heterocycles. The van der Waals surface area contributed by atoms with Crippen molar-refractivity contribution in [2.45, 2.75) is 13.8 Å². The van der Waals surface area contributed by atoms with E-state index in [4.69, 9.17) is 9.47 Å². The number of nitrogens with zero attached hydrogens (tertiary/aromatic N) is 1. The number of pyridine rings is 1. The molecule has 27 heavy (non-hydrogen) atoms. The van der Waals surface area contributed by atoms with Gasteiger partial charge in [0.2, 0.25) is 6.79 Å². The summed E-state index contributed by atoms with van der Waals surface area (Å²) in [6, 6.07) is 14.9. The van der Waals surface area contributed by atoms with Gasteiger partial charge in [0.25, 0.3) is 5.91 Å². The van der Waals surface area contributed by atoms with Gasteiger partial charge in [0, 0.05) is 11.3 Å². The molecule has 1 aliphatic heterocycles. The van der Waals surface area contributed by atoms with Crippen LogP contribution < -0.4 is 20.1 Å². The molecule has 0 saturated carbocycles. The van der Waals surface area contributed by atoms with Crippen LogP contribution in [0, 0.1) is 13.8 Å². The van der Waals surface area contributed by atoms with Crippen molar-refractivity contribution in [3.05, 3.63) is 71.4 Å². The van der Waals surface area contributed by atoms with Crippen molar-refractivity contribution in [3.8, 4) is 11.5 Å². The van der Waals surface area contributed by atoms with Crippen LogP contribution in [0.2, 0.25) is 0 Å². The number of aromatic nitrogens is 1. The van der Waals surface area contributed by atoms with Crippen molar-refractivity contribution in [2.75, 3.05) is 17.4 Å². The fourth-order valence-electron chi connectivity index (χ4n) is 2.75. The van der Waals surface area contributed by atoms with Gasteiger partial charge in [-0.05, 0) is 67.4 Å². The third-order valence-electron chi connectivity index (χ3n) is 4.44. The summed E-state index contributed by atoms with van der Waals surface area (Å²) in [5.41, 5.74) is 4.55. The summed E-state index contributed by atoms with van der Waals surface area (Å²) in [6.07, 6.45) is 1.62. The second kappa shape index (κ2) is 6.99. The number of fused-ring (bicyclic) bond motifs is 1. The third kappa shape index (κ3) is 3.69. The normalized spacial score (nSPS) is 11.9. The van der Waals surface area contributed by atoms with E-state index >= 15 is 0 Å². The van der Waals surface area contributed by atoms with Crippen molar-refractivity contribution >= 4 is 23.1 Å². The summed E-state index contributed by atoms with van der Waals surface area (Å²) in [7, 11) is 0. The Balaban J connectivity index is 1.43. The first kappa shape index (κ1) is 16.9. The minimum Gasteiger partial charge on any atom is -0.454 e. The summed E-state index contributed by atoms with van der Waals surface area (Å²) >= 11 is 0. The molecule has 0 fully saturated rings. The van der Waals surface area contributed by atoms with E-state index in [2.05, 4.69) is 41.6 Å². The number of carbonyl (C=O) groups is 1. The fraction of sp³-hybridized carbons (Fsp3) is 0.143. The molecular weight excluding hydrogens is 342 g/mol. The smallest absolute Gasteiger partial charge is 0.255 e. The topological polar surface area (TPSA) is 72.5 Å². The zero-order valence-corrected chi connectivity index (χ0v) is 15.1. The molecule has 136 valence electrons. The maximum Gasteiger partial charge on any atom is 0.255 e. The number of hydrogen-bond acceptors (Lipinski definition) is 5. The van der Waals surface area contributed by atoms with E-state index in [0.717, 1.165) is 5.69 Å². The minimum atomic E-state index is -0.232. The maximum atomic E-state index is 12.4. The summed E-state index contributed by atoms with van der Waals surface area (Å²) < 4.78 is 10.6. The number of nitrogens with one attached hydrogen (secondary N) is 2. The van der Waals surface area contributed by atoms with Crippen LogP contribution in [0.1, 0.15) is 21.5 Å². The number of carbonyl (C=O) groups excluding carboxylic acids is 1. The zero-order chi connectivity index (χ0) is 18.8. The summed E-state index contributed by atoms with van der Waals surface area (Å²) in [6.45, 7) is 4.33. The standard InChI is InChI=1S/C21H19N3O3/c1-13-3-5-16(9-14(13)2)23-20-8-6-17(11-22-20)24-21(25)15-4-7-18-19(10-15)27-12-26-18/h3-11H,12H2,1-2H3,(H,22,23)(H,24,25). The molecular formula is C21H19N3O3. The van der Waals surface area contributed by atoms with Crippen molar-refractivity contribution in [2.24, 2.45) is 0 Å². The number of anilines is 3. The molecule has 0 saturated heterocycles. The maximum absolute atomic E-state index is 12.4. The number of aryl methyl sites for hydroxylation is 2. The Morgan fingerprint density at radius 2 is 1.74 bits per heavy atom. The van der Waals surface area contributed by atoms with Crippen LogP contribution >= 0.6 is 0 Å². The van der Waals surface area contributed by atoms with E-state index < -0.39 is 0 Å². The van der Waals surface area contributed by atoms with E-state index in [-0.39, 0.29) is 12.7 Å². The molecule has 0 aliphatic carbocycles. The van der Waals surface area contributed by atoms with Gasteiger partial charge in [-0.25, -0.2) is 4.98 Å². The lowest BCUT2D eigenvalue weighted by molar-refractivity contribution is 0.102. The third-order valence-corrected chi connectivity index (χ3v) is 4.44. The van der Waals surface area contributed by atoms with Crippen molar-refractivity contribution < 1.29 is 14.3 Å². The molecule has 1 amide bonds. The average molecular weight is 361 g/mol. The molecule has 0 spiro atoms. The molecule has 6 nitrogen and oxygen atoms in total. The Bertz CT molecular complexity index is 1000. The number of hydrogen-bond donors (Lipinski definition) is 2. The first-order chi connectivity index (χ1) is 13.1. The summed E-state index contributed by atoms with van der Waals surface area (Å²) in [5.74, 6) is 1.70. The number of ether oxygens (including phenoxy) is 2. The number of rotatable bonds is 4. The predicted octanol–water partition coefficient (Wildman–Crippen LogP) is 4.42.